The van der Waals surface area contributed by atoms with Gasteiger partial charge in [-0.2, -0.15) is 31.4 Å². The van der Waals surface area contributed by atoms with E-state index < -0.39 is 78.7 Å². The van der Waals surface area contributed by atoms with Crippen molar-refractivity contribution < 1.29 is 39.9 Å². The van der Waals surface area contributed by atoms with Crippen LogP contribution in [0.2, 0.25) is 0 Å². The summed E-state index contributed by atoms with van der Waals surface area (Å²) < 4.78 is 109. The number of rotatable bonds is 3. The molecule has 2 aliphatic heterocycles. The lowest BCUT2D eigenvalue weighted by molar-refractivity contribution is -0.196. The van der Waals surface area contributed by atoms with Crippen molar-refractivity contribution >= 4 is 5.91 Å². The van der Waals surface area contributed by atoms with Gasteiger partial charge in [-0.1, -0.05) is 0 Å². The number of likely N-dealkylation sites (tertiary alicyclic amines) is 1. The first-order chi connectivity index (χ1) is 15.8. The third-order valence-electron chi connectivity index (χ3n) is 5.95. The Morgan fingerprint density at radius 2 is 1.85 bits per heavy atom. The van der Waals surface area contributed by atoms with E-state index in [0.29, 0.717) is 15.4 Å². The standard InChI is InChI=1S/C19H17F8N5O2/c20-10-4-6-30(8-10)16(33)14-11(18(22,23)24)1-2-12-29-31(17(34)32(12)14)7-9-3-5-28-15(13(9)21)19(25,26)27/h3,5,10-11,14H,1-2,4,6-8H2/t10-,11+,14+/m0/s1. The zero-order chi connectivity index (χ0) is 25.0. The van der Waals surface area contributed by atoms with E-state index in [0.717, 1.165) is 11.0 Å². The molecule has 1 saturated heterocycles. The van der Waals surface area contributed by atoms with Gasteiger partial charge >= 0.3 is 18.0 Å². The second-order valence-corrected chi connectivity index (χ2v) is 8.16. The summed E-state index contributed by atoms with van der Waals surface area (Å²) in [6.45, 7) is -1.37. The minimum atomic E-state index is -5.11. The first-order valence-electron chi connectivity index (χ1n) is 10.2. The molecule has 2 aliphatic rings. The van der Waals surface area contributed by atoms with Gasteiger partial charge in [0.25, 0.3) is 0 Å². The highest BCUT2D eigenvalue weighted by Crippen LogP contribution is 2.42. The van der Waals surface area contributed by atoms with E-state index in [1.54, 1.807) is 0 Å². The third-order valence-corrected chi connectivity index (χ3v) is 5.95. The van der Waals surface area contributed by atoms with Crippen molar-refractivity contribution in [2.45, 2.75) is 50.4 Å². The normalized spacial score (nSPS) is 23.3. The van der Waals surface area contributed by atoms with Crippen LogP contribution < -0.4 is 5.69 Å². The Morgan fingerprint density at radius 1 is 1.15 bits per heavy atom. The van der Waals surface area contributed by atoms with Crippen molar-refractivity contribution in [2.75, 3.05) is 13.1 Å². The second kappa shape index (κ2) is 8.34. The van der Waals surface area contributed by atoms with Crippen LogP contribution in [0.3, 0.4) is 0 Å². The number of hydrogen-bond acceptors (Lipinski definition) is 4. The molecular formula is C19H17F8N5O2. The average Bonchev–Trinajstić information content (AvgIpc) is 3.30. The third kappa shape index (κ3) is 4.27. The van der Waals surface area contributed by atoms with E-state index in [-0.39, 0.29) is 25.2 Å². The quantitative estimate of drug-likeness (QED) is 0.609. The summed E-state index contributed by atoms with van der Waals surface area (Å²) in [6.07, 6.45) is -11.7. The Kier molecular flexibility index (Phi) is 5.92. The molecule has 0 aromatic carbocycles. The van der Waals surface area contributed by atoms with Crippen LogP contribution in [0.25, 0.3) is 0 Å². The molecule has 7 nitrogen and oxygen atoms in total. The number of pyridine rings is 1. The molecular weight excluding hydrogens is 482 g/mol. The van der Waals surface area contributed by atoms with E-state index in [9.17, 15) is 44.7 Å². The molecule has 1 amide bonds. The number of aryl methyl sites for hydroxylation is 1. The van der Waals surface area contributed by atoms with E-state index in [4.69, 9.17) is 0 Å². The van der Waals surface area contributed by atoms with E-state index >= 15 is 0 Å². The number of halogens is 8. The lowest BCUT2D eigenvalue weighted by Crippen LogP contribution is -2.49. The lowest BCUT2D eigenvalue weighted by Gasteiger charge is -2.34. The van der Waals surface area contributed by atoms with Crippen LogP contribution in [-0.4, -0.2) is 55.6 Å². The number of nitrogens with zero attached hydrogens (tertiary/aromatic N) is 5. The summed E-state index contributed by atoms with van der Waals surface area (Å²) >= 11 is 0. The number of carbonyl (C=O) groups is 1. The molecule has 15 heteroatoms. The number of amides is 1. The van der Waals surface area contributed by atoms with Crippen LogP contribution in [0, 0.1) is 11.7 Å². The highest BCUT2D eigenvalue weighted by molar-refractivity contribution is 5.81. The first kappa shape index (κ1) is 24.1. The first-order valence-corrected chi connectivity index (χ1v) is 10.2. The maximum Gasteiger partial charge on any atom is 0.436 e. The summed E-state index contributed by atoms with van der Waals surface area (Å²) in [5.41, 5.74) is -3.65. The molecule has 186 valence electrons. The number of carbonyl (C=O) groups excluding carboxylic acids is 1. The predicted molar refractivity (Wildman–Crippen MR) is 97.8 cm³/mol. The topological polar surface area (TPSA) is 73.0 Å². The predicted octanol–water partition coefficient (Wildman–Crippen LogP) is 2.88. The van der Waals surface area contributed by atoms with Crippen molar-refractivity contribution in [1.82, 2.24) is 24.2 Å². The van der Waals surface area contributed by atoms with Crippen LogP contribution in [0.1, 0.15) is 36.0 Å². The minimum absolute atomic E-state index is 0.0565. The van der Waals surface area contributed by atoms with Crippen LogP contribution in [0.15, 0.2) is 17.1 Å². The van der Waals surface area contributed by atoms with Gasteiger partial charge in [-0.25, -0.2) is 23.2 Å². The molecule has 34 heavy (non-hydrogen) atoms. The second-order valence-electron chi connectivity index (χ2n) is 8.16. The number of alkyl halides is 7. The fraction of sp³-hybridized carbons (Fsp3) is 0.579. The van der Waals surface area contributed by atoms with Gasteiger partial charge in [0.15, 0.2) is 11.5 Å². The smallest absolute Gasteiger partial charge is 0.338 e. The molecule has 0 spiro atoms. The van der Waals surface area contributed by atoms with Crippen LogP contribution in [-0.2, 0) is 23.9 Å². The Hall–Kier alpha value is -3.00. The molecule has 0 saturated carbocycles. The zero-order valence-corrected chi connectivity index (χ0v) is 17.2. The SMILES string of the molecule is O=C([C@H]1[C@H](C(F)(F)F)CCc2nn(Cc3ccnc(C(F)(F)F)c3F)c(=O)n21)N1CC[C@H](F)C1. The van der Waals surface area contributed by atoms with Crippen LogP contribution in [0.5, 0.6) is 0 Å². The van der Waals surface area contributed by atoms with Crippen LogP contribution >= 0.6 is 0 Å². The maximum absolute atomic E-state index is 14.4. The number of fused-ring (bicyclic) bond motifs is 1. The molecule has 0 bridgehead atoms. The molecule has 4 heterocycles. The minimum Gasteiger partial charge on any atom is -0.338 e. The molecule has 2 aromatic rings. The van der Waals surface area contributed by atoms with Gasteiger partial charge in [-0.3, -0.25) is 9.36 Å². The zero-order valence-electron chi connectivity index (χ0n) is 17.2. The Bertz CT molecular complexity index is 1160. The largest absolute Gasteiger partial charge is 0.436 e. The van der Waals surface area contributed by atoms with Gasteiger partial charge < -0.3 is 4.90 Å². The van der Waals surface area contributed by atoms with E-state index in [1.165, 1.54) is 0 Å². The van der Waals surface area contributed by atoms with Gasteiger partial charge in [0.05, 0.1) is 19.0 Å². The molecule has 1 fully saturated rings. The van der Waals surface area contributed by atoms with Gasteiger partial charge in [-0.05, 0) is 18.9 Å². The van der Waals surface area contributed by atoms with Crippen LogP contribution in [0.4, 0.5) is 35.1 Å². The van der Waals surface area contributed by atoms with Gasteiger partial charge in [0, 0.05) is 24.7 Å². The maximum atomic E-state index is 14.4. The summed E-state index contributed by atoms with van der Waals surface area (Å²) in [5.74, 6) is -5.30. The highest BCUT2D eigenvalue weighted by atomic mass is 19.4. The molecule has 0 aliphatic carbocycles. The molecule has 4 rings (SSSR count). The van der Waals surface area contributed by atoms with Gasteiger partial charge in [0.2, 0.25) is 5.91 Å². The summed E-state index contributed by atoms with van der Waals surface area (Å²) in [4.78, 5) is 29.8. The summed E-state index contributed by atoms with van der Waals surface area (Å²) in [7, 11) is 0. The van der Waals surface area contributed by atoms with Gasteiger partial charge in [0.1, 0.15) is 18.0 Å². The monoisotopic (exact) mass is 499 g/mol. The fourth-order valence-corrected chi connectivity index (χ4v) is 4.34. The van der Waals surface area contributed by atoms with Crippen molar-refractivity contribution in [3.05, 3.63) is 45.6 Å². The Balaban J connectivity index is 1.75. The highest BCUT2D eigenvalue weighted by Gasteiger charge is 2.53. The Morgan fingerprint density at radius 3 is 2.44 bits per heavy atom. The van der Waals surface area contributed by atoms with Crippen molar-refractivity contribution in [3.63, 3.8) is 0 Å². The summed E-state index contributed by atoms with van der Waals surface area (Å²) in [5, 5.41) is 3.86. The van der Waals surface area contributed by atoms with Crippen molar-refractivity contribution in [2.24, 2.45) is 5.92 Å². The Labute approximate surface area is 186 Å². The number of aromatic nitrogens is 4. The van der Waals surface area contributed by atoms with Crippen molar-refractivity contribution in [3.8, 4) is 0 Å². The molecule has 0 N–H and O–H groups in total. The molecule has 3 atom stereocenters. The molecule has 0 radical (unpaired) electrons. The average molecular weight is 499 g/mol. The number of hydrogen-bond donors (Lipinski definition) is 0. The molecule has 2 aromatic heterocycles. The molecule has 0 unspecified atom stereocenters. The van der Waals surface area contributed by atoms with Gasteiger partial charge in [-0.15, -0.1) is 0 Å². The fourth-order valence-electron chi connectivity index (χ4n) is 4.34. The van der Waals surface area contributed by atoms with Crippen molar-refractivity contribution in [1.29, 1.82) is 0 Å². The van der Waals surface area contributed by atoms with E-state index in [2.05, 4.69) is 10.1 Å². The lowest BCUT2D eigenvalue weighted by atomic mass is 9.89. The van der Waals surface area contributed by atoms with E-state index in [1.807, 2.05) is 0 Å². The summed E-state index contributed by atoms with van der Waals surface area (Å²) in [6, 6.07) is -1.18.